The van der Waals surface area contributed by atoms with Gasteiger partial charge in [0.05, 0.1) is 16.1 Å². The van der Waals surface area contributed by atoms with Gasteiger partial charge in [0.25, 0.3) is 0 Å². The highest BCUT2D eigenvalue weighted by molar-refractivity contribution is 7.71. The molecule has 0 radical (unpaired) electrons. The number of hydrogen-bond donors (Lipinski definition) is 2. The molecule has 0 bridgehead atoms. The van der Waals surface area contributed by atoms with Crippen LogP contribution in [0.1, 0.15) is 26.7 Å². The first-order chi connectivity index (χ1) is 9.92. The second-order valence-electron chi connectivity index (χ2n) is 4.99. The summed E-state index contributed by atoms with van der Waals surface area (Å²) in [5, 5.41) is 2.93. The van der Waals surface area contributed by atoms with Crippen LogP contribution in [0.2, 0.25) is 5.02 Å². The quantitative estimate of drug-likeness (QED) is 0.820. The number of imidazole rings is 1. The largest absolute Gasteiger partial charge is 0.354 e. The Morgan fingerprint density at radius 3 is 2.95 bits per heavy atom. The number of hydrogen-bond acceptors (Lipinski definition) is 2. The Hall–Kier alpha value is -1.40. The van der Waals surface area contributed by atoms with Crippen LogP contribution in [0.15, 0.2) is 12.1 Å². The number of carbonyl (C=O) groups excluding carboxylic acids is 1. The maximum absolute atomic E-state index is 13.4. The molecule has 0 aliphatic heterocycles. The molecular weight excluding hydrogens is 313 g/mol. The lowest BCUT2D eigenvalue weighted by Crippen LogP contribution is -2.32. The molecule has 1 aromatic heterocycles. The van der Waals surface area contributed by atoms with Crippen LogP contribution in [0.5, 0.6) is 0 Å². The van der Waals surface area contributed by atoms with Crippen molar-refractivity contribution >= 4 is 40.8 Å². The van der Waals surface area contributed by atoms with E-state index in [0.29, 0.717) is 28.8 Å². The Bertz CT molecular complexity index is 725. The summed E-state index contributed by atoms with van der Waals surface area (Å²) in [7, 11) is 0. The maximum Gasteiger partial charge on any atom is 0.222 e. The van der Waals surface area contributed by atoms with Crippen LogP contribution in [-0.2, 0) is 11.3 Å². The van der Waals surface area contributed by atoms with Crippen molar-refractivity contribution in [3.05, 3.63) is 27.7 Å². The van der Waals surface area contributed by atoms with Crippen molar-refractivity contribution in [1.82, 2.24) is 14.9 Å². The van der Waals surface area contributed by atoms with E-state index >= 15 is 0 Å². The summed E-state index contributed by atoms with van der Waals surface area (Å²) in [6, 6.07) is 2.98. The van der Waals surface area contributed by atoms with Crippen molar-refractivity contribution in [3.8, 4) is 0 Å². The summed E-state index contributed by atoms with van der Waals surface area (Å²) in [5.74, 6) is -0.532. The zero-order valence-corrected chi connectivity index (χ0v) is 13.4. The van der Waals surface area contributed by atoms with E-state index in [4.69, 9.17) is 23.8 Å². The number of carbonyl (C=O) groups is 1. The minimum absolute atomic E-state index is 0.0335. The third-order valence-electron chi connectivity index (χ3n) is 3.40. The number of amides is 1. The van der Waals surface area contributed by atoms with E-state index in [1.54, 1.807) is 4.57 Å². The van der Waals surface area contributed by atoms with Gasteiger partial charge < -0.3 is 14.9 Å². The average molecular weight is 330 g/mol. The summed E-state index contributed by atoms with van der Waals surface area (Å²) >= 11 is 11.0. The van der Waals surface area contributed by atoms with Gasteiger partial charge in [0.15, 0.2) is 4.77 Å². The van der Waals surface area contributed by atoms with E-state index in [2.05, 4.69) is 10.3 Å². The molecule has 0 spiro atoms. The third kappa shape index (κ3) is 3.63. The highest BCUT2D eigenvalue weighted by Gasteiger charge is 2.11. The monoisotopic (exact) mass is 329 g/mol. The molecule has 21 heavy (non-hydrogen) atoms. The van der Waals surface area contributed by atoms with Crippen molar-refractivity contribution in [2.24, 2.45) is 0 Å². The fourth-order valence-corrected chi connectivity index (χ4v) is 2.49. The van der Waals surface area contributed by atoms with E-state index in [1.165, 1.54) is 12.1 Å². The Morgan fingerprint density at radius 1 is 1.57 bits per heavy atom. The molecule has 0 saturated heterocycles. The number of benzene rings is 1. The average Bonchev–Trinajstić information content (AvgIpc) is 2.72. The fraction of sp³-hybridized carbons (Fsp3) is 0.429. The lowest BCUT2D eigenvalue weighted by molar-refractivity contribution is -0.121. The molecule has 1 unspecified atom stereocenters. The van der Waals surface area contributed by atoms with Crippen LogP contribution in [0.4, 0.5) is 4.39 Å². The van der Waals surface area contributed by atoms with Gasteiger partial charge in [0, 0.05) is 25.1 Å². The van der Waals surface area contributed by atoms with Crippen molar-refractivity contribution in [3.63, 3.8) is 0 Å². The van der Waals surface area contributed by atoms with Crippen molar-refractivity contribution < 1.29 is 9.18 Å². The van der Waals surface area contributed by atoms with Crippen LogP contribution in [0, 0.1) is 10.6 Å². The molecule has 2 N–H and O–H groups in total. The predicted molar refractivity (Wildman–Crippen MR) is 84.6 cm³/mol. The Morgan fingerprint density at radius 2 is 2.29 bits per heavy atom. The molecule has 1 amide bonds. The molecular formula is C14H17ClFN3OS. The first-order valence-corrected chi connectivity index (χ1v) is 7.58. The Kier molecular flexibility index (Phi) is 5.00. The summed E-state index contributed by atoms with van der Waals surface area (Å²) in [5.41, 5.74) is 1.27. The molecule has 1 aromatic carbocycles. The molecule has 0 aliphatic carbocycles. The molecule has 1 atom stereocenters. The van der Waals surface area contributed by atoms with Gasteiger partial charge in [0.2, 0.25) is 5.91 Å². The summed E-state index contributed by atoms with van der Waals surface area (Å²) in [6.45, 7) is 4.39. The van der Waals surface area contributed by atoms with Gasteiger partial charge in [-0.25, -0.2) is 4.39 Å². The molecule has 2 rings (SSSR count). The Labute approximate surface area is 132 Å². The van der Waals surface area contributed by atoms with Gasteiger partial charge in [-0.15, -0.1) is 0 Å². The van der Waals surface area contributed by atoms with Gasteiger partial charge in [0.1, 0.15) is 5.82 Å². The maximum atomic E-state index is 13.4. The number of halogens is 2. The molecule has 2 aromatic rings. The topological polar surface area (TPSA) is 49.8 Å². The number of aromatic nitrogens is 2. The minimum atomic E-state index is -0.498. The lowest BCUT2D eigenvalue weighted by Gasteiger charge is -2.11. The Balaban J connectivity index is 2.19. The zero-order chi connectivity index (χ0) is 15.6. The summed E-state index contributed by atoms with van der Waals surface area (Å²) in [6.07, 6.45) is 1.19. The molecule has 4 nitrogen and oxygen atoms in total. The SMILES string of the molecule is CCC(C)NC(=O)CCn1c(=S)[nH]c2cc(F)c(Cl)cc21. The van der Waals surface area contributed by atoms with Crippen LogP contribution in [0.25, 0.3) is 11.0 Å². The second kappa shape index (κ2) is 6.58. The van der Waals surface area contributed by atoms with Crippen LogP contribution in [-0.4, -0.2) is 21.5 Å². The smallest absolute Gasteiger partial charge is 0.222 e. The van der Waals surface area contributed by atoms with Gasteiger partial charge in [-0.3, -0.25) is 4.79 Å². The summed E-state index contributed by atoms with van der Waals surface area (Å²) in [4.78, 5) is 14.7. The first-order valence-electron chi connectivity index (χ1n) is 6.79. The number of aryl methyl sites for hydroxylation is 1. The zero-order valence-electron chi connectivity index (χ0n) is 11.9. The minimum Gasteiger partial charge on any atom is -0.354 e. The normalized spacial score (nSPS) is 12.6. The van der Waals surface area contributed by atoms with Crippen LogP contribution in [0.3, 0.4) is 0 Å². The standard InChI is InChI=1S/C14H17ClFN3OS/c1-3-8(2)17-13(20)4-5-19-12-6-9(15)10(16)7-11(12)18-14(19)21/h6-8H,3-5H2,1-2H3,(H,17,20)(H,18,21). The van der Waals surface area contributed by atoms with Crippen molar-refractivity contribution in [1.29, 1.82) is 0 Å². The molecule has 0 fully saturated rings. The predicted octanol–water partition coefficient (Wildman–Crippen LogP) is 3.80. The number of aromatic amines is 1. The number of nitrogens with one attached hydrogen (secondary N) is 2. The molecule has 0 aliphatic rings. The van der Waals surface area contributed by atoms with E-state index in [1.807, 2.05) is 13.8 Å². The van der Waals surface area contributed by atoms with E-state index < -0.39 is 5.82 Å². The van der Waals surface area contributed by atoms with Gasteiger partial charge >= 0.3 is 0 Å². The van der Waals surface area contributed by atoms with Gasteiger partial charge in [-0.1, -0.05) is 18.5 Å². The number of rotatable bonds is 5. The summed E-state index contributed by atoms with van der Waals surface area (Å²) < 4.78 is 15.6. The highest BCUT2D eigenvalue weighted by Crippen LogP contribution is 2.23. The van der Waals surface area contributed by atoms with E-state index in [-0.39, 0.29) is 17.0 Å². The number of nitrogens with zero attached hydrogens (tertiary/aromatic N) is 1. The lowest BCUT2D eigenvalue weighted by atomic mass is 10.2. The molecule has 114 valence electrons. The highest BCUT2D eigenvalue weighted by atomic mass is 35.5. The molecule has 0 saturated carbocycles. The van der Waals surface area contributed by atoms with Gasteiger partial charge in [-0.05, 0) is 31.6 Å². The second-order valence-corrected chi connectivity index (χ2v) is 5.79. The van der Waals surface area contributed by atoms with Gasteiger partial charge in [-0.2, -0.15) is 0 Å². The molecule has 7 heteroatoms. The fourth-order valence-electron chi connectivity index (χ4n) is 2.04. The number of H-pyrrole nitrogens is 1. The van der Waals surface area contributed by atoms with Crippen molar-refractivity contribution in [2.75, 3.05) is 0 Å². The first kappa shape index (κ1) is 16.0. The molecule has 1 heterocycles. The van der Waals surface area contributed by atoms with E-state index in [9.17, 15) is 9.18 Å². The number of fused-ring (bicyclic) bond motifs is 1. The van der Waals surface area contributed by atoms with Crippen molar-refractivity contribution in [2.45, 2.75) is 39.3 Å². The third-order valence-corrected chi connectivity index (χ3v) is 4.01. The van der Waals surface area contributed by atoms with Crippen LogP contribution >= 0.6 is 23.8 Å². The van der Waals surface area contributed by atoms with E-state index in [0.717, 1.165) is 6.42 Å². The van der Waals surface area contributed by atoms with Crippen LogP contribution < -0.4 is 5.32 Å².